The maximum atomic E-state index is 13.7. The first-order valence-corrected chi connectivity index (χ1v) is 7.39. The summed E-state index contributed by atoms with van der Waals surface area (Å²) in [5.74, 6) is -3.83. The summed E-state index contributed by atoms with van der Waals surface area (Å²) in [7, 11) is -4.64. The van der Waals surface area contributed by atoms with E-state index in [1.807, 2.05) is 0 Å². The standard InChI is InChI=1S/C9H11F2N3O4.ClH.H3O4P/c10-9(11)6(16)4(3-15)18-7(9)14-2-1-5(12)13-8(14)17;;1-5(2,3)4/h1-2,4,6-7,15-16H,3H2,(H2,12,13,17);1H;(H3,1,2,3,4)/t4-,6-,7-;;/m1../s1. The zero-order valence-electron chi connectivity index (χ0n) is 11.6. The lowest BCUT2D eigenvalue weighted by Gasteiger charge is -2.20. The molecule has 1 saturated heterocycles. The molecule has 1 aromatic heterocycles. The van der Waals surface area contributed by atoms with Crippen LogP contribution in [0.25, 0.3) is 0 Å². The van der Waals surface area contributed by atoms with Gasteiger partial charge in [-0.1, -0.05) is 0 Å². The van der Waals surface area contributed by atoms with Gasteiger partial charge in [-0.05, 0) is 6.07 Å². The Morgan fingerprint density at radius 3 is 2.29 bits per heavy atom. The zero-order valence-corrected chi connectivity index (χ0v) is 13.3. The summed E-state index contributed by atoms with van der Waals surface area (Å²) in [6, 6.07) is 1.15. The van der Waals surface area contributed by atoms with Crippen LogP contribution in [0.1, 0.15) is 6.23 Å². The van der Waals surface area contributed by atoms with Crippen molar-refractivity contribution < 1.29 is 43.0 Å². The smallest absolute Gasteiger partial charge is 0.394 e. The maximum Gasteiger partial charge on any atom is 0.466 e. The predicted molar refractivity (Wildman–Crippen MR) is 76.4 cm³/mol. The van der Waals surface area contributed by atoms with Crippen molar-refractivity contribution in [1.29, 1.82) is 0 Å². The highest BCUT2D eigenvalue weighted by Crippen LogP contribution is 2.41. The summed E-state index contributed by atoms with van der Waals surface area (Å²) in [6.45, 7) is -0.787. The Balaban J connectivity index is 0.000000777. The second-order valence-electron chi connectivity index (χ2n) is 4.38. The number of nitrogens with zero attached hydrogens (tertiary/aromatic N) is 2. The van der Waals surface area contributed by atoms with Crippen LogP contribution >= 0.6 is 20.2 Å². The number of ether oxygens (including phenoxy) is 1. The number of nitrogens with two attached hydrogens (primary N) is 1. The van der Waals surface area contributed by atoms with Crippen LogP contribution in [0.4, 0.5) is 14.6 Å². The van der Waals surface area contributed by atoms with Crippen molar-refractivity contribution in [3.63, 3.8) is 0 Å². The van der Waals surface area contributed by atoms with Gasteiger partial charge in [0.25, 0.3) is 0 Å². The van der Waals surface area contributed by atoms with E-state index in [1.165, 1.54) is 0 Å². The topological polar surface area (TPSA) is 188 Å². The lowest BCUT2D eigenvalue weighted by molar-refractivity contribution is -0.140. The lowest BCUT2D eigenvalue weighted by atomic mass is 10.1. The number of nitrogen functional groups attached to an aromatic ring is 1. The Labute approximate surface area is 139 Å². The van der Waals surface area contributed by atoms with E-state index in [0.29, 0.717) is 4.57 Å². The molecule has 2 rings (SSSR count). The number of alkyl halides is 2. The summed E-state index contributed by atoms with van der Waals surface area (Å²) < 4.78 is 41.6. The predicted octanol–water partition coefficient (Wildman–Crippen LogP) is -1.80. The van der Waals surface area contributed by atoms with Crippen LogP contribution in [0.15, 0.2) is 17.1 Å². The van der Waals surface area contributed by atoms with Crippen molar-refractivity contribution in [1.82, 2.24) is 9.55 Å². The second-order valence-corrected chi connectivity index (χ2v) is 5.41. The van der Waals surface area contributed by atoms with Crippen LogP contribution in [-0.4, -0.2) is 59.2 Å². The number of aliphatic hydroxyl groups is 2. The van der Waals surface area contributed by atoms with Gasteiger partial charge in [-0.3, -0.25) is 4.57 Å². The molecule has 11 nitrogen and oxygen atoms in total. The van der Waals surface area contributed by atoms with Gasteiger partial charge >= 0.3 is 19.4 Å². The largest absolute Gasteiger partial charge is 0.466 e. The van der Waals surface area contributed by atoms with Crippen LogP contribution < -0.4 is 11.4 Å². The van der Waals surface area contributed by atoms with E-state index in [4.69, 9.17) is 34.8 Å². The van der Waals surface area contributed by atoms with Gasteiger partial charge in [-0.2, -0.15) is 13.8 Å². The Morgan fingerprint density at radius 1 is 1.42 bits per heavy atom. The van der Waals surface area contributed by atoms with Gasteiger partial charge < -0.3 is 35.4 Å². The highest BCUT2D eigenvalue weighted by Gasteiger charge is 2.59. The molecule has 0 saturated carbocycles. The average molecular weight is 398 g/mol. The van der Waals surface area contributed by atoms with Crippen molar-refractivity contribution in [3.05, 3.63) is 22.7 Å². The molecule has 1 aromatic rings. The van der Waals surface area contributed by atoms with Crippen molar-refractivity contribution >= 4 is 26.0 Å². The van der Waals surface area contributed by atoms with Crippen LogP contribution in [0.2, 0.25) is 0 Å². The van der Waals surface area contributed by atoms with E-state index in [1.54, 1.807) is 0 Å². The van der Waals surface area contributed by atoms with E-state index < -0.39 is 44.5 Å². The van der Waals surface area contributed by atoms with Crippen LogP contribution in [-0.2, 0) is 9.30 Å². The molecule has 140 valence electrons. The summed E-state index contributed by atoms with van der Waals surface area (Å²) in [4.78, 5) is 36.3. The molecule has 2 heterocycles. The molecular formula is C9H15ClF2N3O8P. The van der Waals surface area contributed by atoms with Crippen molar-refractivity contribution in [3.8, 4) is 0 Å². The van der Waals surface area contributed by atoms with Gasteiger partial charge in [0.05, 0.1) is 6.61 Å². The first kappa shape index (κ1) is 22.8. The maximum absolute atomic E-state index is 13.7. The number of phosphoric acid groups is 1. The highest BCUT2D eigenvalue weighted by molar-refractivity contribution is 7.45. The summed E-state index contributed by atoms with van der Waals surface area (Å²) >= 11 is 0. The molecule has 0 aliphatic carbocycles. The van der Waals surface area contributed by atoms with Gasteiger partial charge in [-0.15, -0.1) is 12.4 Å². The van der Waals surface area contributed by atoms with E-state index in [2.05, 4.69) is 4.98 Å². The van der Waals surface area contributed by atoms with Gasteiger partial charge in [0.2, 0.25) is 6.23 Å². The quantitative estimate of drug-likeness (QED) is 0.311. The molecule has 1 fully saturated rings. The molecule has 0 unspecified atom stereocenters. The fraction of sp³-hybridized carbons (Fsp3) is 0.556. The minimum absolute atomic E-state index is 0. The Bertz CT molecular complexity index is 648. The fourth-order valence-electron chi connectivity index (χ4n) is 1.72. The summed E-state index contributed by atoms with van der Waals surface area (Å²) in [5, 5.41) is 18.1. The van der Waals surface area contributed by atoms with E-state index in [-0.39, 0.29) is 18.2 Å². The molecule has 3 atom stereocenters. The zero-order chi connectivity index (χ0) is 18.0. The molecule has 1 aliphatic heterocycles. The van der Waals surface area contributed by atoms with Gasteiger partial charge in [-0.25, -0.2) is 9.36 Å². The molecular weight excluding hydrogens is 383 g/mol. The number of anilines is 1. The van der Waals surface area contributed by atoms with Crippen LogP contribution in [0.5, 0.6) is 0 Å². The minimum atomic E-state index is -4.64. The van der Waals surface area contributed by atoms with Crippen LogP contribution in [0, 0.1) is 0 Å². The molecule has 7 N–H and O–H groups in total. The van der Waals surface area contributed by atoms with Crippen molar-refractivity contribution in [2.24, 2.45) is 0 Å². The molecule has 0 radical (unpaired) electrons. The third kappa shape index (κ3) is 5.72. The molecule has 15 heteroatoms. The molecule has 0 spiro atoms. The van der Waals surface area contributed by atoms with Crippen LogP contribution in [0.3, 0.4) is 0 Å². The third-order valence-corrected chi connectivity index (χ3v) is 2.66. The van der Waals surface area contributed by atoms with E-state index in [9.17, 15) is 18.7 Å². The number of hydrogen-bond acceptors (Lipinski definition) is 7. The number of halogens is 3. The number of rotatable bonds is 2. The van der Waals surface area contributed by atoms with Gasteiger partial charge in [0, 0.05) is 6.20 Å². The van der Waals surface area contributed by atoms with Crippen molar-refractivity contribution in [2.75, 3.05) is 12.3 Å². The molecule has 24 heavy (non-hydrogen) atoms. The number of hydrogen-bond donors (Lipinski definition) is 6. The number of aliphatic hydroxyl groups excluding tert-OH is 2. The molecule has 0 amide bonds. The van der Waals surface area contributed by atoms with Crippen molar-refractivity contribution in [2.45, 2.75) is 24.4 Å². The Morgan fingerprint density at radius 2 is 1.92 bits per heavy atom. The second kappa shape index (κ2) is 8.27. The first-order valence-electron chi connectivity index (χ1n) is 5.83. The fourth-order valence-corrected chi connectivity index (χ4v) is 1.72. The summed E-state index contributed by atoms with van der Waals surface area (Å²) in [5.41, 5.74) is 4.21. The molecule has 0 aromatic carbocycles. The van der Waals surface area contributed by atoms with Gasteiger partial charge in [0.1, 0.15) is 11.9 Å². The number of aromatic nitrogens is 2. The molecule has 1 aliphatic rings. The SMILES string of the molecule is Cl.Nc1ccn([C@@H]2O[C@H](CO)[C@@H](O)C2(F)F)c(=O)n1.O=P(O)(O)O. The van der Waals surface area contributed by atoms with E-state index in [0.717, 1.165) is 12.3 Å². The normalized spacial score (nSPS) is 25.4. The summed E-state index contributed by atoms with van der Waals surface area (Å²) in [6.07, 6.45) is -4.69. The third-order valence-electron chi connectivity index (χ3n) is 2.66. The monoisotopic (exact) mass is 397 g/mol. The van der Waals surface area contributed by atoms with Gasteiger partial charge in [0.15, 0.2) is 6.10 Å². The Kier molecular flexibility index (Phi) is 7.86. The highest BCUT2D eigenvalue weighted by atomic mass is 35.5. The average Bonchev–Trinajstić information content (AvgIpc) is 2.60. The van der Waals surface area contributed by atoms with E-state index >= 15 is 0 Å². The molecule has 0 bridgehead atoms. The Hall–Kier alpha value is -1.18. The first-order chi connectivity index (χ1) is 10.4. The minimum Gasteiger partial charge on any atom is -0.394 e. The lowest BCUT2D eigenvalue weighted by Crippen LogP contribution is -2.41.